The molecule has 0 aliphatic carbocycles. The van der Waals surface area contributed by atoms with Gasteiger partial charge in [-0.15, -0.1) is 13.2 Å². The normalized spacial score (nSPS) is 11.9. The molecule has 0 spiro atoms. The second kappa shape index (κ2) is 11.3. The van der Waals surface area contributed by atoms with E-state index in [2.05, 4.69) is 43.0 Å². The van der Waals surface area contributed by atoms with Crippen LogP contribution in [0.4, 0.5) is 23.7 Å². The fraction of sp³-hybridized carbons (Fsp3) is 0.143. The number of hydrogen-bond donors (Lipinski definition) is 2. The Morgan fingerprint density at radius 2 is 1.85 bits per heavy atom. The van der Waals surface area contributed by atoms with E-state index in [0.717, 1.165) is 39.7 Å². The van der Waals surface area contributed by atoms with E-state index < -0.39 is 6.36 Å². The van der Waals surface area contributed by atoms with Gasteiger partial charge in [0.05, 0.1) is 35.1 Å². The number of halogens is 3. The monoisotopic (exact) mass is 564 g/mol. The summed E-state index contributed by atoms with van der Waals surface area (Å²) in [4.78, 5) is 21.2. The molecule has 5 aromatic rings. The third kappa shape index (κ3) is 6.18. The number of para-hydroxylation sites is 1. The average molecular weight is 565 g/mol. The number of hydrogen-bond acceptors (Lipinski definition) is 6. The molecule has 2 aromatic heterocycles. The number of aromatic nitrogens is 3. The number of carbonyl (C=O) groups is 1. The first kappa shape index (κ1) is 27.0. The van der Waals surface area contributed by atoms with E-state index in [4.69, 9.17) is 0 Å². The van der Waals surface area contributed by atoms with Crippen LogP contribution in [0, 0.1) is 0 Å². The number of benzene rings is 3. The second-order valence-corrected chi connectivity index (χ2v) is 9.64. The smallest absolute Gasteiger partial charge is 0.406 e. The van der Waals surface area contributed by atoms with E-state index in [1.165, 1.54) is 24.3 Å². The number of nitrogens with one attached hydrogen (secondary N) is 2. The highest BCUT2D eigenvalue weighted by molar-refractivity contribution is 7.96. The molecule has 0 atom stereocenters. The number of amides is 2. The van der Waals surface area contributed by atoms with Crippen LogP contribution in [0.3, 0.4) is 0 Å². The Hall–Kier alpha value is -4.58. The van der Waals surface area contributed by atoms with Crippen molar-refractivity contribution in [3.8, 4) is 11.4 Å². The Morgan fingerprint density at radius 1 is 1.07 bits per heavy atom. The Morgan fingerprint density at radius 3 is 2.60 bits per heavy atom. The summed E-state index contributed by atoms with van der Waals surface area (Å²) in [5.74, 6) is -0.0283. The van der Waals surface area contributed by atoms with Gasteiger partial charge in [0, 0.05) is 23.0 Å². The lowest BCUT2D eigenvalue weighted by Gasteiger charge is -2.13. The number of pyridine rings is 1. The summed E-state index contributed by atoms with van der Waals surface area (Å²) >= 11 is 0.883. The molecule has 2 amide bonds. The minimum absolute atomic E-state index is 0.268. The van der Waals surface area contributed by atoms with E-state index in [-0.39, 0.29) is 17.7 Å². The van der Waals surface area contributed by atoms with Gasteiger partial charge in [0.2, 0.25) is 0 Å². The SMILES string of the molecule is CC(C)c1ccccc1NC(=O)NS/N=C/c1cc2ccc3c(ncn3-c3ccc(OC(F)(F)F)cc3)c2cn1. The van der Waals surface area contributed by atoms with Gasteiger partial charge in [-0.1, -0.05) is 38.1 Å². The Kier molecular flexibility index (Phi) is 7.60. The molecule has 2 N–H and O–H groups in total. The van der Waals surface area contributed by atoms with Crippen LogP contribution < -0.4 is 14.8 Å². The molecule has 0 saturated carbocycles. The zero-order valence-electron chi connectivity index (χ0n) is 21.3. The van der Waals surface area contributed by atoms with Crippen LogP contribution in [0.2, 0.25) is 0 Å². The van der Waals surface area contributed by atoms with Gasteiger partial charge in [0.25, 0.3) is 0 Å². The topological polar surface area (TPSA) is 93.4 Å². The molecular weight excluding hydrogens is 541 g/mol. The molecule has 0 aliphatic rings. The summed E-state index contributed by atoms with van der Waals surface area (Å²) in [6.45, 7) is 4.12. The number of rotatable bonds is 7. The van der Waals surface area contributed by atoms with Gasteiger partial charge < -0.3 is 10.1 Å². The predicted octanol–water partition coefficient (Wildman–Crippen LogP) is 7.40. The average Bonchev–Trinajstić information content (AvgIpc) is 3.35. The van der Waals surface area contributed by atoms with E-state index >= 15 is 0 Å². The molecule has 0 saturated heterocycles. The minimum Gasteiger partial charge on any atom is -0.406 e. The van der Waals surface area contributed by atoms with Crippen LogP contribution in [-0.4, -0.2) is 33.1 Å². The zero-order valence-corrected chi connectivity index (χ0v) is 22.1. The first-order chi connectivity index (χ1) is 19.2. The molecule has 0 bridgehead atoms. The van der Waals surface area contributed by atoms with Gasteiger partial charge >= 0.3 is 12.4 Å². The molecule has 12 heteroatoms. The maximum absolute atomic E-state index is 12.5. The zero-order chi connectivity index (χ0) is 28.3. The third-order valence-electron chi connectivity index (χ3n) is 5.99. The molecule has 2 heterocycles. The van der Waals surface area contributed by atoms with Crippen molar-refractivity contribution < 1.29 is 22.7 Å². The Labute approximate surface area is 231 Å². The van der Waals surface area contributed by atoms with E-state index in [1.807, 2.05) is 42.5 Å². The van der Waals surface area contributed by atoms with Gasteiger partial charge in [0.15, 0.2) is 0 Å². The lowest BCUT2D eigenvalue weighted by Crippen LogP contribution is -2.23. The molecule has 204 valence electrons. The van der Waals surface area contributed by atoms with Crippen molar-refractivity contribution in [2.24, 2.45) is 4.40 Å². The van der Waals surface area contributed by atoms with Crippen molar-refractivity contribution in [2.75, 3.05) is 5.32 Å². The number of carbonyl (C=O) groups excluding carboxylic acids is 1. The quantitative estimate of drug-likeness (QED) is 0.159. The fourth-order valence-corrected chi connectivity index (χ4v) is 4.56. The highest BCUT2D eigenvalue weighted by Gasteiger charge is 2.31. The second-order valence-electron chi connectivity index (χ2n) is 9.04. The van der Waals surface area contributed by atoms with Crippen LogP contribution in [0.1, 0.15) is 31.0 Å². The van der Waals surface area contributed by atoms with Crippen molar-refractivity contribution >= 4 is 51.9 Å². The maximum atomic E-state index is 12.5. The van der Waals surface area contributed by atoms with Crippen molar-refractivity contribution in [3.05, 3.63) is 90.5 Å². The summed E-state index contributed by atoms with van der Waals surface area (Å²) in [6.07, 6.45) is 0.0821. The molecule has 0 unspecified atom stereocenters. The molecule has 3 aromatic carbocycles. The van der Waals surface area contributed by atoms with Gasteiger partial charge in [-0.2, -0.15) is 0 Å². The molecule has 8 nitrogen and oxygen atoms in total. The van der Waals surface area contributed by atoms with Gasteiger partial charge in [-0.05, 0) is 59.3 Å². The van der Waals surface area contributed by atoms with Gasteiger partial charge in [0.1, 0.15) is 12.1 Å². The van der Waals surface area contributed by atoms with Crippen molar-refractivity contribution in [1.29, 1.82) is 0 Å². The number of anilines is 1. The number of alkyl halides is 3. The molecule has 40 heavy (non-hydrogen) atoms. The molecule has 0 radical (unpaired) electrons. The standard InChI is InChI=1S/C28H23F3N6O2S/c1-17(2)22-5-3-4-6-24(22)35-27(38)36-40-34-14-19-13-18-7-12-25-26(23(18)15-32-19)33-16-37(25)20-8-10-21(11-9-20)39-28(29,30)31/h3-17H,1-2H3,(H2,35,36,38)/b34-14+. The minimum atomic E-state index is -4.75. The maximum Gasteiger partial charge on any atom is 0.573 e. The number of fused-ring (bicyclic) bond motifs is 3. The highest BCUT2D eigenvalue weighted by Crippen LogP contribution is 2.28. The Balaban J connectivity index is 1.26. The highest BCUT2D eigenvalue weighted by atomic mass is 32.2. The largest absolute Gasteiger partial charge is 0.573 e. The summed E-state index contributed by atoms with van der Waals surface area (Å²) in [6, 6.07) is 18.4. The number of urea groups is 1. The molecule has 0 fully saturated rings. The number of nitrogens with zero attached hydrogens (tertiary/aromatic N) is 4. The molecule has 0 aliphatic heterocycles. The summed E-state index contributed by atoms with van der Waals surface area (Å²) in [5.41, 5.74) is 4.47. The van der Waals surface area contributed by atoms with Crippen molar-refractivity contribution in [2.45, 2.75) is 26.1 Å². The van der Waals surface area contributed by atoms with Gasteiger partial charge in [-0.3, -0.25) is 14.3 Å². The predicted molar refractivity (Wildman–Crippen MR) is 151 cm³/mol. The molecular formula is C28H23F3N6O2S. The molecule has 5 rings (SSSR count). The first-order valence-electron chi connectivity index (χ1n) is 12.2. The van der Waals surface area contributed by atoms with Crippen molar-refractivity contribution in [1.82, 2.24) is 19.3 Å². The lowest BCUT2D eigenvalue weighted by molar-refractivity contribution is -0.274. The van der Waals surface area contributed by atoms with E-state index in [1.54, 1.807) is 23.3 Å². The summed E-state index contributed by atoms with van der Waals surface area (Å²) in [7, 11) is 0. The van der Waals surface area contributed by atoms with Crippen LogP contribution in [-0.2, 0) is 0 Å². The summed E-state index contributed by atoms with van der Waals surface area (Å²) < 4.78 is 49.9. The van der Waals surface area contributed by atoms with Crippen molar-refractivity contribution in [3.63, 3.8) is 0 Å². The van der Waals surface area contributed by atoms with Crippen LogP contribution >= 0.6 is 12.1 Å². The summed E-state index contributed by atoms with van der Waals surface area (Å²) in [5, 5.41) is 4.52. The van der Waals surface area contributed by atoms with Crippen LogP contribution in [0.15, 0.2) is 83.7 Å². The number of imidazole rings is 1. The van der Waals surface area contributed by atoms with E-state index in [9.17, 15) is 18.0 Å². The third-order valence-corrected chi connectivity index (χ3v) is 6.48. The Bertz CT molecular complexity index is 1700. The van der Waals surface area contributed by atoms with E-state index in [0.29, 0.717) is 16.9 Å². The van der Waals surface area contributed by atoms with Crippen LogP contribution in [0.25, 0.3) is 27.5 Å². The first-order valence-corrected chi connectivity index (χ1v) is 12.9. The van der Waals surface area contributed by atoms with Crippen LogP contribution in [0.5, 0.6) is 5.75 Å². The lowest BCUT2D eigenvalue weighted by atomic mass is 10.0. The fourth-order valence-electron chi connectivity index (χ4n) is 4.21. The van der Waals surface area contributed by atoms with Gasteiger partial charge in [-0.25, -0.2) is 14.2 Å². The number of ether oxygens (including phenoxy) is 1.